The number of halogens is 1. The van der Waals surface area contributed by atoms with Crippen molar-refractivity contribution in [2.24, 2.45) is 0 Å². The van der Waals surface area contributed by atoms with Crippen molar-refractivity contribution in [3.8, 4) is 0 Å². The Labute approximate surface area is 82.0 Å². The van der Waals surface area contributed by atoms with E-state index in [-0.39, 0.29) is 0 Å². The molecule has 0 heterocycles. The van der Waals surface area contributed by atoms with Crippen LogP contribution < -0.4 is 0 Å². The van der Waals surface area contributed by atoms with Crippen molar-refractivity contribution < 1.29 is 0 Å². The summed E-state index contributed by atoms with van der Waals surface area (Å²) in [4.78, 5) is 0. The van der Waals surface area contributed by atoms with Crippen molar-refractivity contribution in [1.29, 1.82) is 0 Å². The van der Waals surface area contributed by atoms with Gasteiger partial charge in [-0.25, -0.2) is 0 Å². The third-order valence-corrected chi connectivity index (χ3v) is 2.16. The summed E-state index contributed by atoms with van der Waals surface area (Å²) in [6, 6.07) is 7.75. The fraction of sp³-hybridized carbons (Fsp3) is 0.125. The zero-order valence-corrected chi connectivity index (χ0v) is 8.22. The van der Waals surface area contributed by atoms with Gasteiger partial charge in [0, 0.05) is 5.88 Å². The van der Waals surface area contributed by atoms with Crippen molar-refractivity contribution in [3.63, 3.8) is 0 Å². The minimum atomic E-state index is 0.541. The zero-order valence-electron chi connectivity index (χ0n) is 5.75. The van der Waals surface area contributed by atoms with E-state index in [2.05, 4.69) is 12.6 Å². The molecule has 0 saturated carbocycles. The highest BCUT2D eigenvalue weighted by Crippen LogP contribution is 2.09. The average molecular weight is 203 g/mol. The molecule has 0 spiro atoms. The van der Waals surface area contributed by atoms with Gasteiger partial charge in [0.05, 0.1) is 4.20 Å². The van der Waals surface area contributed by atoms with Crippen LogP contribution in [0, 0.1) is 0 Å². The molecule has 0 bridgehead atoms. The van der Waals surface area contributed by atoms with E-state index in [1.54, 1.807) is 0 Å². The maximum Gasteiger partial charge on any atom is 0.0747 e. The molecule has 1 aromatic rings. The second-order valence-corrected chi connectivity index (χ2v) is 3.56. The maximum absolute atomic E-state index is 5.61. The second-order valence-electron chi connectivity index (χ2n) is 2.14. The normalized spacial score (nSPS) is 9.64. The molecule has 0 aliphatic rings. The van der Waals surface area contributed by atoms with E-state index < -0.39 is 0 Å². The molecule has 0 aliphatic carbocycles. The summed E-state index contributed by atoms with van der Waals surface area (Å²) in [5.74, 6) is 0.541. The zero-order chi connectivity index (χ0) is 8.27. The van der Waals surface area contributed by atoms with Crippen LogP contribution in [0.4, 0.5) is 0 Å². The van der Waals surface area contributed by atoms with Crippen LogP contribution in [0.25, 0.3) is 0 Å². The van der Waals surface area contributed by atoms with Gasteiger partial charge in [0.2, 0.25) is 0 Å². The largest absolute Gasteiger partial charge is 0.131 e. The van der Waals surface area contributed by atoms with Crippen LogP contribution in [0.15, 0.2) is 24.3 Å². The van der Waals surface area contributed by atoms with Crippen molar-refractivity contribution in [3.05, 3.63) is 35.4 Å². The lowest BCUT2D eigenvalue weighted by atomic mass is 10.2. The SMILES string of the molecule is S=C(S)c1ccc(CCl)cc1. The van der Waals surface area contributed by atoms with Crippen LogP contribution in [0.5, 0.6) is 0 Å². The molecular formula is C8H7ClS2. The monoisotopic (exact) mass is 202 g/mol. The summed E-state index contributed by atoms with van der Waals surface area (Å²) in [5.41, 5.74) is 2.07. The van der Waals surface area contributed by atoms with Gasteiger partial charge in [-0.1, -0.05) is 36.5 Å². The van der Waals surface area contributed by atoms with Gasteiger partial charge < -0.3 is 0 Å². The fourth-order valence-electron chi connectivity index (χ4n) is 0.736. The highest BCUT2D eigenvalue weighted by molar-refractivity contribution is 8.11. The molecule has 0 amide bonds. The molecule has 0 fully saturated rings. The summed E-state index contributed by atoms with van der Waals surface area (Å²) in [6.07, 6.45) is 0. The summed E-state index contributed by atoms with van der Waals surface area (Å²) in [6.45, 7) is 0. The smallest absolute Gasteiger partial charge is 0.0747 e. The molecule has 0 aromatic heterocycles. The van der Waals surface area contributed by atoms with Crippen molar-refractivity contribution in [2.75, 3.05) is 0 Å². The van der Waals surface area contributed by atoms with Gasteiger partial charge in [0.25, 0.3) is 0 Å². The highest BCUT2D eigenvalue weighted by Gasteiger charge is 1.94. The van der Waals surface area contributed by atoms with Crippen LogP contribution in [-0.2, 0) is 5.88 Å². The van der Waals surface area contributed by atoms with Gasteiger partial charge in [0.15, 0.2) is 0 Å². The predicted octanol–water partition coefficient (Wildman–Crippen LogP) is 3.03. The van der Waals surface area contributed by atoms with Gasteiger partial charge in [-0.2, -0.15) is 0 Å². The molecule has 0 saturated heterocycles. The predicted molar refractivity (Wildman–Crippen MR) is 56.7 cm³/mol. The third kappa shape index (κ3) is 2.47. The first-order valence-electron chi connectivity index (χ1n) is 3.12. The molecule has 0 N–H and O–H groups in total. The van der Waals surface area contributed by atoms with Crippen molar-refractivity contribution in [1.82, 2.24) is 0 Å². The minimum Gasteiger partial charge on any atom is -0.131 e. The number of benzene rings is 1. The Balaban J connectivity index is 2.91. The van der Waals surface area contributed by atoms with Crippen LogP contribution >= 0.6 is 36.4 Å². The lowest BCUT2D eigenvalue weighted by Gasteiger charge is -1.97. The van der Waals surface area contributed by atoms with E-state index in [0.29, 0.717) is 10.1 Å². The van der Waals surface area contributed by atoms with E-state index in [1.165, 1.54) is 0 Å². The Morgan fingerprint density at radius 1 is 1.36 bits per heavy atom. The first kappa shape index (κ1) is 9.04. The highest BCUT2D eigenvalue weighted by atomic mass is 35.5. The Morgan fingerprint density at radius 3 is 2.27 bits per heavy atom. The van der Waals surface area contributed by atoms with Gasteiger partial charge >= 0.3 is 0 Å². The van der Waals surface area contributed by atoms with E-state index in [4.69, 9.17) is 23.8 Å². The first-order valence-corrected chi connectivity index (χ1v) is 4.51. The number of hydrogen-bond acceptors (Lipinski definition) is 1. The summed E-state index contributed by atoms with van der Waals surface area (Å²) in [7, 11) is 0. The number of thiol groups is 1. The molecule has 0 atom stereocenters. The van der Waals surface area contributed by atoms with Gasteiger partial charge in [0.1, 0.15) is 0 Å². The number of hydrogen-bond donors (Lipinski definition) is 1. The molecular weight excluding hydrogens is 196 g/mol. The van der Waals surface area contributed by atoms with Crippen LogP contribution in [0.1, 0.15) is 11.1 Å². The Kier molecular flexibility index (Phi) is 3.37. The van der Waals surface area contributed by atoms with Crippen molar-refractivity contribution >= 4 is 40.6 Å². The van der Waals surface area contributed by atoms with Gasteiger partial charge in [-0.15, -0.1) is 24.2 Å². The number of thiocarbonyl (C=S) groups is 1. The Hall–Kier alpha value is -0.0500. The molecule has 11 heavy (non-hydrogen) atoms. The van der Waals surface area contributed by atoms with Crippen LogP contribution in [0.2, 0.25) is 0 Å². The quantitative estimate of drug-likeness (QED) is 0.437. The second kappa shape index (κ2) is 4.10. The summed E-state index contributed by atoms with van der Waals surface area (Å²) >= 11 is 14.5. The third-order valence-electron chi connectivity index (χ3n) is 1.36. The Bertz CT molecular complexity index is 253. The lowest BCUT2D eigenvalue weighted by Crippen LogP contribution is -1.86. The van der Waals surface area contributed by atoms with Crippen molar-refractivity contribution in [2.45, 2.75) is 5.88 Å². The molecule has 1 rings (SSSR count). The van der Waals surface area contributed by atoms with Gasteiger partial charge in [-0.3, -0.25) is 0 Å². The molecule has 0 radical (unpaired) electrons. The number of alkyl halides is 1. The summed E-state index contributed by atoms with van der Waals surface area (Å²) < 4.78 is 0.617. The van der Waals surface area contributed by atoms with E-state index in [0.717, 1.165) is 11.1 Å². The fourth-order valence-corrected chi connectivity index (χ4v) is 1.20. The number of rotatable bonds is 2. The van der Waals surface area contributed by atoms with E-state index in [9.17, 15) is 0 Å². The van der Waals surface area contributed by atoms with Gasteiger partial charge in [-0.05, 0) is 11.1 Å². The topological polar surface area (TPSA) is 0 Å². The lowest BCUT2D eigenvalue weighted by molar-refractivity contribution is 1.40. The van der Waals surface area contributed by atoms with E-state index >= 15 is 0 Å². The molecule has 3 heteroatoms. The van der Waals surface area contributed by atoms with Crippen LogP contribution in [0.3, 0.4) is 0 Å². The molecule has 0 unspecified atom stereocenters. The Morgan fingerprint density at radius 2 is 1.91 bits per heavy atom. The van der Waals surface area contributed by atoms with Crippen LogP contribution in [-0.4, -0.2) is 4.20 Å². The standard InChI is InChI=1S/C8H7ClS2/c9-5-6-1-3-7(4-2-6)8(10)11/h1-4H,5H2,(H,10,11). The molecule has 0 nitrogen and oxygen atoms in total. The summed E-state index contributed by atoms with van der Waals surface area (Å²) in [5, 5.41) is 0. The molecule has 58 valence electrons. The maximum atomic E-state index is 5.61. The molecule has 0 aliphatic heterocycles. The minimum absolute atomic E-state index is 0.541. The van der Waals surface area contributed by atoms with E-state index in [1.807, 2.05) is 24.3 Å². The molecule has 1 aromatic carbocycles. The first-order chi connectivity index (χ1) is 5.24. The average Bonchev–Trinajstić information content (AvgIpc) is 2.05.